The molecule has 4 aromatic carbocycles. The Morgan fingerprint density at radius 3 is 2.50 bits per heavy atom. The molecule has 0 radical (unpaired) electrons. The van der Waals surface area contributed by atoms with Crippen molar-refractivity contribution < 1.29 is 24.2 Å². The fraction of sp³-hybridized carbons (Fsp3) is 0.317. The Morgan fingerprint density at radius 1 is 1.02 bits per heavy atom. The van der Waals surface area contributed by atoms with Gasteiger partial charge in [-0.25, -0.2) is 0 Å². The molecule has 4 heterocycles. The number of aromatic nitrogens is 2. The third kappa shape index (κ3) is 5.29. The second kappa shape index (κ2) is 12.8. The van der Waals surface area contributed by atoms with Gasteiger partial charge >= 0.3 is 0 Å². The number of aliphatic hydroxyl groups is 1. The molecule has 3 aliphatic heterocycles. The van der Waals surface area contributed by atoms with Gasteiger partial charge in [0.2, 0.25) is 5.91 Å². The number of ether oxygens (including phenoxy) is 2. The molecule has 10 nitrogen and oxygen atoms in total. The molecule has 1 fully saturated rings. The zero-order valence-corrected chi connectivity index (χ0v) is 30.7. The molecule has 1 saturated heterocycles. The number of anilines is 1. The van der Waals surface area contributed by atoms with Gasteiger partial charge in [-0.2, -0.15) is 9.78 Å². The van der Waals surface area contributed by atoms with Gasteiger partial charge in [0, 0.05) is 29.1 Å². The first-order valence-corrected chi connectivity index (χ1v) is 20.9. The van der Waals surface area contributed by atoms with E-state index in [4.69, 9.17) is 9.47 Å². The van der Waals surface area contributed by atoms with Crippen molar-refractivity contribution >= 4 is 41.5 Å². The maximum atomic E-state index is 14.4. The van der Waals surface area contributed by atoms with Gasteiger partial charge in [-0.15, -0.1) is 0 Å². The van der Waals surface area contributed by atoms with Crippen LogP contribution in [0, 0.1) is 5.92 Å². The quantitative estimate of drug-likeness (QED) is 0.230. The monoisotopic (exact) mass is 714 g/mol. The van der Waals surface area contributed by atoms with E-state index in [1.54, 1.807) is 36.4 Å². The van der Waals surface area contributed by atoms with Crippen LogP contribution in [-0.4, -0.2) is 65.5 Å². The molecule has 52 heavy (non-hydrogen) atoms. The number of benzene rings is 4. The summed E-state index contributed by atoms with van der Waals surface area (Å²) in [5, 5.41) is 20.4. The van der Waals surface area contributed by atoms with Crippen LogP contribution in [0.4, 0.5) is 5.69 Å². The lowest BCUT2D eigenvalue weighted by Crippen LogP contribution is -2.52. The predicted octanol–water partition coefficient (Wildman–Crippen LogP) is 4.90. The molecule has 8 rings (SSSR count). The van der Waals surface area contributed by atoms with Gasteiger partial charge in [-0.1, -0.05) is 79.8 Å². The molecule has 3 aliphatic rings. The molecule has 266 valence electrons. The van der Waals surface area contributed by atoms with Crippen molar-refractivity contribution in [2.45, 2.75) is 62.7 Å². The van der Waals surface area contributed by atoms with Crippen LogP contribution in [0.25, 0.3) is 16.5 Å². The highest BCUT2D eigenvalue weighted by molar-refractivity contribution is 6.91. The number of aliphatic hydroxyl groups excluding tert-OH is 1. The lowest BCUT2D eigenvalue weighted by Gasteiger charge is -2.39. The SMILES string of the molecule is COc1ccc([Si](C)(C)[C@H]2[C@H](CC(=O)N3Cc4ccccc4C[C@H]3CO)O[C@@]3(C(=O)Nc4ccc(-n5ncc6ccccc6c5=O)cc43)[C@@H]2C)cc1. The van der Waals surface area contributed by atoms with E-state index in [9.17, 15) is 19.5 Å². The Morgan fingerprint density at radius 2 is 1.75 bits per heavy atom. The van der Waals surface area contributed by atoms with Gasteiger partial charge in [0.1, 0.15) is 5.75 Å². The summed E-state index contributed by atoms with van der Waals surface area (Å²) in [6.45, 7) is 6.85. The van der Waals surface area contributed by atoms with Crippen LogP contribution in [0.5, 0.6) is 5.75 Å². The van der Waals surface area contributed by atoms with Crippen LogP contribution in [0.3, 0.4) is 0 Å². The molecule has 2 N–H and O–H groups in total. The van der Waals surface area contributed by atoms with Crippen LogP contribution < -0.4 is 20.8 Å². The molecule has 1 aromatic heterocycles. The Labute approximate surface area is 303 Å². The highest BCUT2D eigenvalue weighted by Crippen LogP contribution is 2.59. The average Bonchev–Trinajstić information content (AvgIpc) is 3.62. The second-order valence-corrected chi connectivity index (χ2v) is 19.5. The second-order valence-electron chi connectivity index (χ2n) is 14.8. The minimum atomic E-state index is -2.52. The van der Waals surface area contributed by atoms with Gasteiger partial charge in [0.05, 0.1) is 57.6 Å². The van der Waals surface area contributed by atoms with Crippen molar-refractivity contribution in [2.75, 3.05) is 19.0 Å². The highest BCUT2D eigenvalue weighted by Gasteiger charge is 2.65. The molecule has 11 heteroatoms. The molecule has 5 aromatic rings. The van der Waals surface area contributed by atoms with Crippen molar-refractivity contribution in [1.82, 2.24) is 14.7 Å². The molecule has 5 atom stereocenters. The number of carbonyl (C=O) groups is 2. The molecule has 0 saturated carbocycles. The third-order valence-corrected chi connectivity index (χ3v) is 16.1. The number of rotatable bonds is 7. The van der Waals surface area contributed by atoms with E-state index < -0.39 is 19.8 Å². The minimum Gasteiger partial charge on any atom is -0.497 e. The Balaban J connectivity index is 1.21. The number of methoxy groups -OCH3 is 1. The van der Waals surface area contributed by atoms with E-state index in [0.717, 1.165) is 27.4 Å². The Hall–Kier alpha value is -5.10. The Kier molecular flexibility index (Phi) is 8.39. The first-order valence-electron chi connectivity index (χ1n) is 17.8. The van der Waals surface area contributed by atoms with E-state index in [0.29, 0.717) is 35.3 Å². The summed E-state index contributed by atoms with van der Waals surface area (Å²) in [5.41, 5.74) is 2.11. The number of fused-ring (bicyclic) bond motifs is 4. The van der Waals surface area contributed by atoms with Crippen molar-refractivity contribution in [3.8, 4) is 11.4 Å². The lowest BCUT2D eigenvalue weighted by atomic mass is 9.82. The number of nitrogens with one attached hydrogen (secondary N) is 1. The van der Waals surface area contributed by atoms with Gasteiger partial charge < -0.3 is 24.8 Å². The molecule has 2 amide bonds. The van der Waals surface area contributed by atoms with Crippen molar-refractivity contribution in [3.63, 3.8) is 0 Å². The zero-order chi connectivity index (χ0) is 36.4. The number of carbonyl (C=O) groups excluding carboxylic acids is 2. The van der Waals surface area contributed by atoms with E-state index in [1.165, 1.54) is 4.68 Å². The van der Waals surface area contributed by atoms with E-state index in [-0.39, 0.29) is 47.9 Å². The highest BCUT2D eigenvalue weighted by atomic mass is 28.3. The predicted molar refractivity (Wildman–Crippen MR) is 202 cm³/mol. The summed E-state index contributed by atoms with van der Waals surface area (Å²) in [5.74, 6) is 0.00171. The smallest absolute Gasteiger partial charge is 0.279 e. The van der Waals surface area contributed by atoms with E-state index in [1.807, 2.05) is 54.6 Å². The summed E-state index contributed by atoms with van der Waals surface area (Å²) >= 11 is 0. The molecular weight excluding hydrogens is 673 g/mol. The van der Waals surface area contributed by atoms with Gasteiger partial charge in [0.25, 0.3) is 11.5 Å². The van der Waals surface area contributed by atoms with Gasteiger partial charge in [-0.3, -0.25) is 14.4 Å². The fourth-order valence-corrected chi connectivity index (χ4v) is 13.1. The van der Waals surface area contributed by atoms with E-state index >= 15 is 0 Å². The standard InChI is InChI=1S/C41H42N4O6Si/c1-25-38(52(3,4)32-16-14-31(50-2)15-17-32)36(21-37(47)44-23-28-11-6-5-9-26(28)19-30(44)24-46)51-41(25)34-20-29(13-18-35(34)43-40(41)49)45-39(48)33-12-8-7-10-27(33)22-42-45/h5-18,20,22,25,30,36,38,46H,19,21,23-24H2,1-4H3,(H,43,49)/t25-,30+,36+,38-,41+/m1/s1. The van der Waals surface area contributed by atoms with Crippen LogP contribution in [-0.2, 0) is 32.9 Å². The number of hydrogen-bond acceptors (Lipinski definition) is 7. The van der Waals surface area contributed by atoms with Crippen LogP contribution >= 0.6 is 0 Å². The van der Waals surface area contributed by atoms with Crippen LogP contribution in [0.2, 0.25) is 18.6 Å². The van der Waals surface area contributed by atoms with Crippen molar-refractivity contribution in [2.24, 2.45) is 5.92 Å². The summed E-state index contributed by atoms with van der Waals surface area (Å²) < 4.78 is 13.9. The molecule has 1 spiro atoms. The summed E-state index contributed by atoms with van der Waals surface area (Å²) in [6.07, 6.45) is 1.68. The summed E-state index contributed by atoms with van der Waals surface area (Å²) in [7, 11) is -0.878. The summed E-state index contributed by atoms with van der Waals surface area (Å²) in [4.78, 5) is 44.2. The van der Waals surface area contributed by atoms with Crippen molar-refractivity contribution in [3.05, 3.63) is 124 Å². The molecule has 0 bridgehead atoms. The van der Waals surface area contributed by atoms with Crippen LogP contribution in [0.1, 0.15) is 30.0 Å². The molecular formula is C41H42N4O6Si. The minimum absolute atomic E-state index is 0.0516. The van der Waals surface area contributed by atoms with Gasteiger partial charge in [-0.05, 0) is 59.5 Å². The molecule has 0 aliphatic carbocycles. The van der Waals surface area contributed by atoms with Crippen LogP contribution in [0.15, 0.2) is 102 Å². The Bertz CT molecular complexity index is 2270. The third-order valence-electron chi connectivity index (χ3n) is 11.8. The zero-order valence-electron chi connectivity index (χ0n) is 29.7. The number of amides is 2. The first-order chi connectivity index (χ1) is 25.1. The van der Waals surface area contributed by atoms with E-state index in [2.05, 4.69) is 48.6 Å². The fourth-order valence-electron chi connectivity index (χ4n) is 9.06. The topological polar surface area (TPSA) is 123 Å². The maximum absolute atomic E-state index is 14.4. The average molecular weight is 715 g/mol. The van der Waals surface area contributed by atoms with Gasteiger partial charge in [0.15, 0.2) is 5.60 Å². The normalized spacial score (nSPS) is 23.8. The first kappa shape index (κ1) is 34.0. The summed E-state index contributed by atoms with van der Waals surface area (Å²) in [6, 6.07) is 28.5. The van der Waals surface area contributed by atoms with Crippen molar-refractivity contribution in [1.29, 1.82) is 0 Å². The largest absolute Gasteiger partial charge is 0.497 e. The number of hydrogen-bond donors (Lipinski definition) is 2. The number of nitrogens with zero attached hydrogens (tertiary/aromatic N) is 3. The maximum Gasteiger partial charge on any atom is 0.279 e. The lowest BCUT2D eigenvalue weighted by molar-refractivity contribution is -0.149. The molecule has 0 unspecified atom stereocenters.